The van der Waals surface area contributed by atoms with E-state index in [1.54, 1.807) is 6.92 Å². The van der Waals surface area contributed by atoms with E-state index in [0.29, 0.717) is 11.7 Å². The predicted octanol–water partition coefficient (Wildman–Crippen LogP) is 0.910. The summed E-state index contributed by atoms with van der Waals surface area (Å²) in [6.07, 6.45) is 1.52. The molecule has 11 nitrogen and oxygen atoms in total. The van der Waals surface area contributed by atoms with Crippen molar-refractivity contribution in [3.8, 4) is 5.75 Å². The topological polar surface area (TPSA) is 163 Å². The Balaban J connectivity index is 1.81. The number of hydrogen-bond donors (Lipinski definition) is 3. The minimum Gasteiger partial charge on any atom is -0.484 e. The highest BCUT2D eigenvalue weighted by Crippen LogP contribution is 2.31. The Morgan fingerprint density at radius 1 is 1.35 bits per heavy atom. The maximum atomic E-state index is 12.4. The zero-order valence-electron chi connectivity index (χ0n) is 16.8. The van der Waals surface area contributed by atoms with Crippen molar-refractivity contribution in [2.75, 3.05) is 19.8 Å². The second-order valence-corrected chi connectivity index (χ2v) is 7.49. The molecule has 0 amide bonds. The molecule has 4 N–H and O–H groups in total. The lowest BCUT2D eigenvalue weighted by Gasteiger charge is -2.24. The number of carbonyl (C=O) groups is 1. The molecule has 0 aliphatic carbocycles. The number of ether oxygens (including phenoxy) is 2. The molecule has 1 atom stereocenters. The summed E-state index contributed by atoms with van der Waals surface area (Å²) in [4.78, 5) is 28.8. The number of esters is 1. The molecule has 0 saturated heterocycles. The molecule has 2 heterocycles. The third kappa shape index (κ3) is 4.90. The molecule has 168 valence electrons. The summed E-state index contributed by atoms with van der Waals surface area (Å²) in [6, 6.07) is 1.77. The first-order chi connectivity index (χ1) is 14.7. The summed E-state index contributed by atoms with van der Waals surface area (Å²) in [5.41, 5.74) is 4.60. The second-order valence-electron chi connectivity index (χ2n) is 7.08. The third-order valence-electron chi connectivity index (χ3n) is 4.57. The number of halogens is 1. The minimum absolute atomic E-state index is 0.0658. The van der Waals surface area contributed by atoms with Crippen LogP contribution in [0.25, 0.3) is 11.1 Å². The van der Waals surface area contributed by atoms with Crippen molar-refractivity contribution in [2.24, 2.45) is 5.73 Å². The van der Waals surface area contributed by atoms with Crippen LogP contribution in [0.2, 0.25) is 5.02 Å². The molecule has 2 aromatic heterocycles. The first kappa shape index (κ1) is 22.8. The Hall–Kier alpha value is -2.86. The van der Waals surface area contributed by atoms with E-state index < -0.39 is 43.1 Å². The van der Waals surface area contributed by atoms with Gasteiger partial charge in [0, 0.05) is 13.0 Å². The van der Waals surface area contributed by atoms with Gasteiger partial charge in [-0.05, 0) is 13.0 Å². The largest absolute Gasteiger partial charge is 0.484 e. The van der Waals surface area contributed by atoms with E-state index in [0.717, 1.165) is 4.57 Å². The lowest BCUT2D eigenvalue weighted by atomic mass is 10.1. The molecule has 0 aliphatic rings. The first-order valence-electron chi connectivity index (χ1n) is 9.23. The number of oxazole rings is 2. The zero-order chi connectivity index (χ0) is 22.8. The number of aromatic nitrogens is 2. The molecule has 0 spiro atoms. The third-order valence-corrected chi connectivity index (χ3v) is 4.86. The van der Waals surface area contributed by atoms with Crippen LogP contribution < -0.4 is 16.2 Å². The Bertz CT molecular complexity index is 1130. The molecule has 1 unspecified atom stereocenters. The van der Waals surface area contributed by atoms with Gasteiger partial charge in [-0.3, -0.25) is 4.57 Å². The lowest BCUT2D eigenvalue weighted by molar-refractivity contribution is -0.150. The molecule has 3 aromatic rings. The summed E-state index contributed by atoms with van der Waals surface area (Å²) in [7, 11) is 0. The lowest BCUT2D eigenvalue weighted by Crippen LogP contribution is -2.52. The average Bonchev–Trinajstić information content (AvgIpc) is 3.31. The molecular formula is C19H22ClN3O8. The molecule has 0 saturated carbocycles. The van der Waals surface area contributed by atoms with Crippen molar-refractivity contribution in [3.63, 3.8) is 0 Å². The Morgan fingerprint density at radius 2 is 2.06 bits per heavy atom. The molecule has 0 aliphatic heterocycles. The molecule has 1 aromatic carbocycles. The highest BCUT2D eigenvalue weighted by atomic mass is 35.5. The van der Waals surface area contributed by atoms with E-state index in [2.05, 4.69) is 4.98 Å². The average molecular weight is 456 g/mol. The van der Waals surface area contributed by atoms with Crippen LogP contribution in [0, 0.1) is 6.92 Å². The van der Waals surface area contributed by atoms with E-state index in [1.165, 1.54) is 25.3 Å². The molecule has 0 bridgehead atoms. The SMILES string of the molecule is Cc1ncc(COc2cc3oc(=O)n(C(C)C(=O)OCC(N)(CO)CO)c3cc2Cl)o1. The van der Waals surface area contributed by atoms with Crippen molar-refractivity contribution in [1.29, 1.82) is 0 Å². The fourth-order valence-corrected chi connectivity index (χ4v) is 2.93. The second kappa shape index (κ2) is 9.10. The number of benzene rings is 1. The van der Waals surface area contributed by atoms with Gasteiger partial charge in [-0.2, -0.15) is 0 Å². The molecular weight excluding hydrogens is 434 g/mol. The monoisotopic (exact) mass is 455 g/mol. The van der Waals surface area contributed by atoms with Gasteiger partial charge >= 0.3 is 11.7 Å². The van der Waals surface area contributed by atoms with Gasteiger partial charge in [-0.25, -0.2) is 14.6 Å². The van der Waals surface area contributed by atoms with Gasteiger partial charge in [-0.1, -0.05) is 11.6 Å². The van der Waals surface area contributed by atoms with Gasteiger partial charge in [-0.15, -0.1) is 0 Å². The molecule has 31 heavy (non-hydrogen) atoms. The van der Waals surface area contributed by atoms with Gasteiger partial charge in [0.1, 0.15) is 25.0 Å². The smallest absolute Gasteiger partial charge is 0.420 e. The Labute approximate surface area is 180 Å². The van der Waals surface area contributed by atoms with Crippen molar-refractivity contribution < 1.29 is 33.3 Å². The fraction of sp³-hybridized carbons (Fsp3) is 0.421. The summed E-state index contributed by atoms with van der Waals surface area (Å²) in [6.45, 7) is 1.58. The van der Waals surface area contributed by atoms with E-state index in [-0.39, 0.29) is 28.5 Å². The first-order valence-corrected chi connectivity index (χ1v) is 9.61. The zero-order valence-corrected chi connectivity index (χ0v) is 17.6. The van der Waals surface area contributed by atoms with Crippen LogP contribution in [0.1, 0.15) is 24.6 Å². The summed E-state index contributed by atoms with van der Waals surface area (Å²) in [5, 5.41) is 18.6. The summed E-state index contributed by atoms with van der Waals surface area (Å²) >= 11 is 6.28. The minimum atomic E-state index is -1.49. The van der Waals surface area contributed by atoms with E-state index in [4.69, 9.17) is 35.6 Å². The number of aryl methyl sites for hydroxylation is 1. The molecule has 12 heteroatoms. The molecule has 0 radical (unpaired) electrons. The number of hydrogen-bond acceptors (Lipinski definition) is 10. The number of aliphatic hydroxyl groups is 2. The highest BCUT2D eigenvalue weighted by molar-refractivity contribution is 6.32. The van der Waals surface area contributed by atoms with Crippen LogP contribution in [0.4, 0.5) is 0 Å². The van der Waals surface area contributed by atoms with E-state index >= 15 is 0 Å². The van der Waals surface area contributed by atoms with Gasteiger partial charge in [0.05, 0.1) is 35.5 Å². The van der Waals surface area contributed by atoms with Crippen LogP contribution >= 0.6 is 11.6 Å². The standard InChI is InChI=1S/C19H22ClN3O8/c1-10(17(26)29-9-19(21,7-24)8-25)23-14-3-13(20)15(4-16(14)31-18(23)27)28-6-12-5-22-11(2)30-12/h3-5,10,24-25H,6-9,21H2,1-2H3. The number of nitrogens with two attached hydrogens (primary N) is 1. The predicted molar refractivity (Wildman–Crippen MR) is 108 cm³/mol. The van der Waals surface area contributed by atoms with Crippen LogP contribution in [0.3, 0.4) is 0 Å². The van der Waals surface area contributed by atoms with Crippen molar-refractivity contribution in [2.45, 2.75) is 32.0 Å². The van der Waals surface area contributed by atoms with Crippen LogP contribution in [-0.2, 0) is 16.1 Å². The van der Waals surface area contributed by atoms with E-state index in [9.17, 15) is 19.8 Å². The van der Waals surface area contributed by atoms with Gasteiger partial charge in [0.15, 0.2) is 17.2 Å². The van der Waals surface area contributed by atoms with Gasteiger partial charge in [0.2, 0.25) is 0 Å². The quantitative estimate of drug-likeness (QED) is 0.395. The van der Waals surface area contributed by atoms with E-state index in [1.807, 2.05) is 0 Å². The number of carbonyl (C=O) groups excluding carboxylic acids is 1. The molecule has 3 rings (SSSR count). The van der Waals surface area contributed by atoms with Crippen LogP contribution in [0.15, 0.2) is 32.0 Å². The summed E-state index contributed by atoms with van der Waals surface area (Å²) < 4.78 is 22.3. The maximum absolute atomic E-state index is 12.4. The highest BCUT2D eigenvalue weighted by Gasteiger charge is 2.29. The normalized spacial score (nSPS) is 12.8. The van der Waals surface area contributed by atoms with Crippen molar-refractivity contribution in [3.05, 3.63) is 45.6 Å². The number of nitrogens with zero attached hydrogens (tertiary/aromatic N) is 2. The number of rotatable bonds is 9. The Morgan fingerprint density at radius 3 is 2.68 bits per heavy atom. The van der Waals surface area contributed by atoms with Crippen LogP contribution in [-0.4, -0.2) is 51.1 Å². The molecule has 0 fully saturated rings. The van der Waals surface area contributed by atoms with Crippen LogP contribution in [0.5, 0.6) is 5.75 Å². The van der Waals surface area contributed by atoms with Gasteiger partial charge < -0.3 is 34.3 Å². The number of fused-ring (bicyclic) bond motifs is 1. The number of aliphatic hydroxyl groups excluding tert-OH is 2. The van der Waals surface area contributed by atoms with Crippen molar-refractivity contribution >= 4 is 28.7 Å². The maximum Gasteiger partial charge on any atom is 0.420 e. The summed E-state index contributed by atoms with van der Waals surface area (Å²) in [5.74, 6) is -0.376. The fourth-order valence-electron chi connectivity index (χ4n) is 2.72. The van der Waals surface area contributed by atoms with Crippen molar-refractivity contribution in [1.82, 2.24) is 9.55 Å². The van der Waals surface area contributed by atoms with Gasteiger partial charge in [0.25, 0.3) is 0 Å². The Kier molecular flexibility index (Phi) is 6.70.